The lowest BCUT2D eigenvalue weighted by Gasteiger charge is -2.31. The number of hydrogen-bond donors (Lipinski definition) is 0. The van der Waals surface area contributed by atoms with Crippen LogP contribution >= 0.6 is 0 Å². The van der Waals surface area contributed by atoms with E-state index in [0.29, 0.717) is 18.8 Å². The highest BCUT2D eigenvalue weighted by atomic mass is 16.5. The summed E-state index contributed by atoms with van der Waals surface area (Å²) in [6.45, 7) is 2.07. The average Bonchev–Trinajstić information content (AvgIpc) is 2.73. The molecule has 1 saturated heterocycles. The molecule has 0 amide bonds. The molecular weight excluding hydrogens is 354 g/mol. The number of ketones is 1. The SMILES string of the molecule is COc1coc(CN2CCC[C@@H](C(=O)c3ccc4ccccc4c3)C2)cc1=O. The summed E-state index contributed by atoms with van der Waals surface area (Å²) in [6, 6.07) is 15.5. The van der Waals surface area contributed by atoms with E-state index in [-0.39, 0.29) is 22.9 Å². The Morgan fingerprint density at radius 2 is 2.00 bits per heavy atom. The molecule has 0 N–H and O–H groups in total. The molecule has 4 rings (SSSR count). The number of methoxy groups -OCH3 is 1. The Bertz CT molecular complexity index is 1060. The fraction of sp³-hybridized carbons (Fsp3) is 0.304. The third kappa shape index (κ3) is 3.85. The molecule has 5 heteroatoms. The van der Waals surface area contributed by atoms with Crippen LogP contribution in [0, 0.1) is 5.92 Å². The van der Waals surface area contributed by atoms with E-state index in [2.05, 4.69) is 11.0 Å². The van der Waals surface area contributed by atoms with Crippen molar-refractivity contribution < 1.29 is 13.9 Å². The minimum Gasteiger partial charge on any atom is -0.490 e. The molecule has 0 spiro atoms. The minimum atomic E-state index is -0.190. The van der Waals surface area contributed by atoms with Gasteiger partial charge in [-0.25, -0.2) is 0 Å². The Hall–Kier alpha value is -2.92. The lowest BCUT2D eigenvalue weighted by atomic mass is 9.89. The van der Waals surface area contributed by atoms with E-state index in [1.165, 1.54) is 19.4 Å². The zero-order valence-corrected chi connectivity index (χ0v) is 15.9. The lowest BCUT2D eigenvalue weighted by Crippen LogP contribution is -2.38. The van der Waals surface area contributed by atoms with E-state index in [1.807, 2.05) is 36.4 Å². The summed E-state index contributed by atoms with van der Waals surface area (Å²) in [4.78, 5) is 27.2. The predicted molar refractivity (Wildman–Crippen MR) is 108 cm³/mol. The van der Waals surface area contributed by atoms with Crippen LogP contribution in [0.1, 0.15) is 29.0 Å². The maximum Gasteiger partial charge on any atom is 0.227 e. The molecule has 0 bridgehead atoms. The van der Waals surface area contributed by atoms with Gasteiger partial charge < -0.3 is 9.15 Å². The van der Waals surface area contributed by atoms with Crippen LogP contribution in [-0.2, 0) is 6.54 Å². The standard InChI is InChI=1S/C23H23NO4/c1-27-22-15-28-20(12-21(22)25)14-24-10-4-7-19(13-24)23(26)18-9-8-16-5-2-3-6-17(16)11-18/h2-3,5-6,8-9,11-12,15,19H,4,7,10,13-14H2,1H3/t19-/m1/s1. The van der Waals surface area contributed by atoms with Gasteiger partial charge in [0.2, 0.25) is 11.2 Å². The third-order valence-corrected chi connectivity index (χ3v) is 5.36. The van der Waals surface area contributed by atoms with Crippen LogP contribution < -0.4 is 10.2 Å². The van der Waals surface area contributed by atoms with Crippen molar-refractivity contribution >= 4 is 16.6 Å². The number of piperidine rings is 1. The van der Waals surface area contributed by atoms with Crippen molar-refractivity contribution in [3.05, 3.63) is 76.3 Å². The van der Waals surface area contributed by atoms with E-state index in [0.717, 1.165) is 35.7 Å². The molecule has 2 heterocycles. The first-order valence-electron chi connectivity index (χ1n) is 9.55. The van der Waals surface area contributed by atoms with Gasteiger partial charge in [-0.3, -0.25) is 14.5 Å². The summed E-state index contributed by atoms with van der Waals surface area (Å²) in [7, 11) is 1.44. The fourth-order valence-electron chi connectivity index (χ4n) is 3.88. The predicted octanol–water partition coefficient (Wildman–Crippen LogP) is 3.90. The second kappa shape index (κ2) is 7.98. The second-order valence-corrected chi connectivity index (χ2v) is 7.28. The second-order valence-electron chi connectivity index (χ2n) is 7.28. The van der Waals surface area contributed by atoms with Crippen molar-refractivity contribution in [1.29, 1.82) is 0 Å². The summed E-state index contributed by atoms with van der Waals surface area (Å²) in [5.41, 5.74) is 0.575. The fourth-order valence-corrected chi connectivity index (χ4v) is 3.88. The Labute approximate surface area is 163 Å². The molecule has 0 radical (unpaired) electrons. The van der Waals surface area contributed by atoms with E-state index < -0.39 is 0 Å². The Morgan fingerprint density at radius 3 is 2.79 bits per heavy atom. The Kier molecular flexibility index (Phi) is 5.26. The molecule has 0 aliphatic carbocycles. The average molecular weight is 377 g/mol. The van der Waals surface area contributed by atoms with Crippen LogP contribution in [0.2, 0.25) is 0 Å². The highest BCUT2D eigenvalue weighted by Crippen LogP contribution is 2.24. The Morgan fingerprint density at radius 1 is 1.18 bits per heavy atom. The van der Waals surface area contributed by atoms with E-state index in [4.69, 9.17) is 9.15 Å². The summed E-state index contributed by atoms with van der Waals surface area (Å²) in [5.74, 6) is 0.933. The molecular formula is C23H23NO4. The number of ether oxygens (including phenoxy) is 1. The van der Waals surface area contributed by atoms with Crippen molar-refractivity contribution in [3.8, 4) is 5.75 Å². The molecule has 0 unspecified atom stereocenters. The van der Waals surface area contributed by atoms with Crippen LogP contribution in [0.4, 0.5) is 0 Å². The largest absolute Gasteiger partial charge is 0.490 e. The molecule has 144 valence electrons. The summed E-state index contributed by atoms with van der Waals surface area (Å²) in [5, 5.41) is 2.22. The van der Waals surface area contributed by atoms with Crippen molar-refractivity contribution in [2.75, 3.05) is 20.2 Å². The minimum absolute atomic E-state index is 0.0418. The number of Topliss-reactive ketones (excluding diaryl/α,β-unsaturated/α-hetero) is 1. The van der Waals surface area contributed by atoms with Crippen LogP contribution in [0.15, 0.2) is 64.0 Å². The first-order valence-corrected chi connectivity index (χ1v) is 9.55. The van der Waals surface area contributed by atoms with Crippen molar-refractivity contribution in [2.24, 2.45) is 5.92 Å². The molecule has 1 fully saturated rings. The number of hydrogen-bond acceptors (Lipinski definition) is 5. The maximum absolute atomic E-state index is 13.1. The van der Waals surface area contributed by atoms with Gasteiger partial charge in [0, 0.05) is 24.1 Å². The van der Waals surface area contributed by atoms with Gasteiger partial charge in [0.15, 0.2) is 5.78 Å². The quantitative estimate of drug-likeness (QED) is 0.631. The van der Waals surface area contributed by atoms with Crippen LogP contribution in [0.25, 0.3) is 10.8 Å². The van der Waals surface area contributed by atoms with Gasteiger partial charge in [-0.2, -0.15) is 0 Å². The zero-order valence-electron chi connectivity index (χ0n) is 15.9. The van der Waals surface area contributed by atoms with Gasteiger partial charge >= 0.3 is 0 Å². The van der Waals surface area contributed by atoms with Gasteiger partial charge in [-0.15, -0.1) is 0 Å². The smallest absolute Gasteiger partial charge is 0.227 e. The molecule has 5 nitrogen and oxygen atoms in total. The monoisotopic (exact) mass is 377 g/mol. The number of rotatable bonds is 5. The molecule has 28 heavy (non-hydrogen) atoms. The number of likely N-dealkylation sites (tertiary alicyclic amines) is 1. The van der Waals surface area contributed by atoms with Gasteiger partial charge in [-0.05, 0) is 36.2 Å². The zero-order chi connectivity index (χ0) is 19.5. The maximum atomic E-state index is 13.1. The number of fused-ring (bicyclic) bond motifs is 1. The molecule has 0 saturated carbocycles. The van der Waals surface area contributed by atoms with Crippen molar-refractivity contribution in [3.63, 3.8) is 0 Å². The normalized spacial score (nSPS) is 17.5. The van der Waals surface area contributed by atoms with Gasteiger partial charge in [0.1, 0.15) is 12.0 Å². The highest BCUT2D eigenvalue weighted by molar-refractivity contribution is 6.01. The van der Waals surface area contributed by atoms with Crippen LogP contribution in [-0.4, -0.2) is 30.9 Å². The van der Waals surface area contributed by atoms with E-state index in [9.17, 15) is 9.59 Å². The molecule has 1 aromatic heterocycles. The number of nitrogens with zero attached hydrogens (tertiary/aromatic N) is 1. The topological polar surface area (TPSA) is 59.8 Å². The molecule has 3 aromatic rings. The summed E-state index contributed by atoms with van der Waals surface area (Å²) >= 11 is 0. The summed E-state index contributed by atoms with van der Waals surface area (Å²) < 4.78 is 10.5. The lowest BCUT2D eigenvalue weighted by molar-refractivity contribution is 0.0802. The van der Waals surface area contributed by atoms with Gasteiger partial charge in [0.05, 0.1) is 13.7 Å². The van der Waals surface area contributed by atoms with Crippen molar-refractivity contribution in [1.82, 2.24) is 4.90 Å². The number of benzene rings is 2. The van der Waals surface area contributed by atoms with Gasteiger partial charge in [-0.1, -0.05) is 36.4 Å². The highest BCUT2D eigenvalue weighted by Gasteiger charge is 2.27. The van der Waals surface area contributed by atoms with Gasteiger partial charge in [0.25, 0.3) is 0 Å². The first-order chi connectivity index (χ1) is 13.6. The number of carbonyl (C=O) groups excluding carboxylic acids is 1. The van der Waals surface area contributed by atoms with Crippen molar-refractivity contribution in [2.45, 2.75) is 19.4 Å². The Balaban J connectivity index is 1.47. The molecule has 1 atom stereocenters. The summed E-state index contributed by atoms with van der Waals surface area (Å²) in [6.07, 6.45) is 3.18. The molecule has 1 aliphatic heterocycles. The van der Waals surface area contributed by atoms with E-state index >= 15 is 0 Å². The van der Waals surface area contributed by atoms with E-state index in [1.54, 1.807) is 0 Å². The first kappa shape index (κ1) is 18.4. The molecule has 1 aliphatic rings. The van der Waals surface area contributed by atoms with Crippen LogP contribution in [0.3, 0.4) is 0 Å². The van der Waals surface area contributed by atoms with Crippen LogP contribution in [0.5, 0.6) is 5.75 Å². The number of carbonyl (C=O) groups is 1. The third-order valence-electron chi connectivity index (χ3n) is 5.36. The molecule has 2 aromatic carbocycles.